The van der Waals surface area contributed by atoms with E-state index >= 15 is 0 Å². The Morgan fingerprint density at radius 2 is 2.20 bits per heavy atom. The number of hydrogen-bond donors (Lipinski definition) is 0. The molecular weight excluding hydrogens is 326 g/mol. The van der Waals surface area contributed by atoms with E-state index in [9.17, 15) is 0 Å². The lowest BCUT2D eigenvalue weighted by molar-refractivity contribution is 0.0232. The van der Waals surface area contributed by atoms with Crippen LogP contribution in [0.25, 0.3) is 0 Å². The number of ether oxygens (including phenoxy) is 1. The van der Waals surface area contributed by atoms with Gasteiger partial charge in [0, 0.05) is 12.8 Å². The number of aromatic nitrogens is 2. The highest BCUT2D eigenvalue weighted by molar-refractivity contribution is 14.1. The van der Waals surface area contributed by atoms with Gasteiger partial charge in [0.2, 0.25) is 0 Å². The summed E-state index contributed by atoms with van der Waals surface area (Å²) in [5.41, 5.74) is 0. The molecule has 0 aromatic carbocycles. The number of hydrogen-bond acceptors (Lipinski definition) is 3. The largest absolute Gasteiger partial charge is 0.370 e. The van der Waals surface area contributed by atoms with Gasteiger partial charge in [0.1, 0.15) is 11.3 Å². The fourth-order valence-electron chi connectivity index (χ4n) is 1.24. The van der Waals surface area contributed by atoms with Gasteiger partial charge in [-0.2, -0.15) is 0 Å². The highest BCUT2D eigenvalue weighted by atomic mass is 127. The van der Waals surface area contributed by atoms with E-state index in [4.69, 9.17) is 16.3 Å². The van der Waals surface area contributed by atoms with Crippen molar-refractivity contribution in [3.63, 3.8) is 0 Å². The van der Waals surface area contributed by atoms with Crippen LogP contribution in [0.1, 0.15) is 32.7 Å². The first-order valence-corrected chi connectivity index (χ1v) is 6.31. The van der Waals surface area contributed by atoms with Gasteiger partial charge in [0.05, 0.1) is 3.57 Å². The Balaban J connectivity index is 2.95. The maximum absolute atomic E-state index is 5.95. The molecule has 0 saturated heterocycles. The van der Waals surface area contributed by atoms with Gasteiger partial charge in [-0.05, 0) is 35.4 Å². The summed E-state index contributed by atoms with van der Waals surface area (Å²) in [4.78, 5) is 8.49. The van der Waals surface area contributed by atoms with Crippen LogP contribution in [0.3, 0.4) is 0 Å². The van der Waals surface area contributed by atoms with Gasteiger partial charge < -0.3 is 4.74 Å². The third kappa shape index (κ3) is 3.53. The SMILES string of the molecule is CCOC(c1ncc(I)c(Cl)n1)C(C)C. The molecule has 3 nitrogen and oxygen atoms in total. The number of nitrogens with zero attached hydrogens (tertiary/aromatic N) is 2. The average Bonchev–Trinajstić information content (AvgIpc) is 2.18. The lowest BCUT2D eigenvalue weighted by Gasteiger charge is -2.19. The second kappa shape index (κ2) is 5.96. The van der Waals surface area contributed by atoms with Crippen molar-refractivity contribution in [2.24, 2.45) is 5.92 Å². The van der Waals surface area contributed by atoms with Crippen LogP contribution in [0.4, 0.5) is 0 Å². The Morgan fingerprint density at radius 3 is 2.67 bits per heavy atom. The Morgan fingerprint density at radius 1 is 1.53 bits per heavy atom. The lowest BCUT2D eigenvalue weighted by Crippen LogP contribution is -2.14. The second-order valence-electron chi connectivity index (χ2n) is 3.49. The van der Waals surface area contributed by atoms with Crippen LogP contribution in [0.15, 0.2) is 6.20 Å². The molecule has 1 aromatic heterocycles. The molecule has 0 aliphatic rings. The van der Waals surface area contributed by atoms with Gasteiger partial charge in [-0.15, -0.1) is 0 Å². The van der Waals surface area contributed by atoms with Gasteiger partial charge in [-0.3, -0.25) is 0 Å². The number of rotatable bonds is 4. The molecule has 0 amide bonds. The summed E-state index contributed by atoms with van der Waals surface area (Å²) in [6.07, 6.45) is 1.64. The molecule has 5 heteroatoms. The molecule has 0 spiro atoms. The van der Waals surface area contributed by atoms with E-state index in [-0.39, 0.29) is 6.10 Å². The van der Waals surface area contributed by atoms with Gasteiger partial charge >= 0.3 is 0 Å². The molecule has 1 aromatic rings. The lowest BCUT2D eigenvalue weighted by atomic mass is 10.1. The first-order valence-electron chi connectivity index (χ1n) is 4.85. The van der Waals surface area contributed by atoms with E-state index in [2.05, 4.69) is 46.4 Å². The van der Waals surface area contributed by atoms with Crippen molar-refractivity contribution in [2.45, 2.75) is 26.9 Å². The van der Waals surface area contributed by atoms with Gasteiger partial charge in [0.25, 0.3) is 0 Å². The molecule has 0 saturated carbocycles. The molecule has 1 atom stereocenters. The van der Waals surface area contributed by atoms with Crippen molar-refractivity contribution < 1.29 is 4.74 Å². The Bertz CT molecular complexity index is 333. The van der Waals surface area contributed by atoms with Crippen LogP contribution < -0.4 is 0 Å². The first-order chi connectivity index (χ1) is 7.06. The summed E-state index contributed by atoms with van der Waals surface area (Å²) in [7, 11) is 0. The van der Waals surface area contributed by atoms with Crippen LogP contribution in [0.2, 0.25) is 5.15 Å². The summed E-state index contributed by atoms with van der Waals surface area (Å²) in [5.74, 6) is 0.998. The summed E-state index contributed by atoms with van der Waals surface area (Å²) in [5, 5.41) is 0.492. The third-order valence-corrected chi connectivity index (χ3v) is 3.32. The zero-order valence-corrected chi connectivity index (χ0v) is 11.9. The molecule has 0 bridgehead atoms. The zero-order chi connectivity index (χ0) is 11.4. The molecule has 1 rings (SSSR count). The molecular formula is C10H14ClIN2O. The highest BCUT2D eigenvalue weighted by Crippen LogP contribution is 2.24. The van der Waals surface area contributed by atoms with E-state index in [0.717, 1.165) is 3.57 Å². The van der Waals surface area contributed by atoms with E-state index in [1.54, 1.807) is 6.20 Å². The van der Waals surface area contributed by atoms with Crippen molar-refractivity contribution in [3.8, 4) is 0 Å². The van der Waals surface area contributed by atoms with Crippen molar-refractivity contribution in [2.75, 3.05) is 6.61 Å². The maximum atomic E-state index is 5.95. The minimum Gasteiger partial charge on any atom is -0.370 e. The molecule has 0 fully saturated rings. The minimum absolute atomic E-state index is 0.0792. The average molecular weight is 341 g/mol. The zero-order valence-electron chi connectivity index (χ0n) is 9.00. The van der Waals surface area contributed by atoms with Crippen molar-refractivity contribution >= 4 is 34.2 Å². The van der Waals surface area contributed by atoms with Gasteiger partial charge in [0.15, 0.2) is 5.82 Å². The van der Waals surface area contributed by atoms with Crippen LogP contribution in [0, 0.1) is 9.49 Å². The third-order valence-electron chi connectivity index (χ3n) is 1.93. The minimum atomic E-state index is -0.0792. The van der Waals surface area contributed by atoms with Crippen LogP contribution in [-0.2, 0) is 4.74 Å². The van der Waals surface area contributed by atoms with E-state index in [1.165, 1.54) is 0 Å². The summed E-state index contributed by atoms with van der Waals surface area (Å²) < 4.78 is 6.46. The first kappa shape index (κ1) is 13.1. The molecule has 15 heavy (non-hydrogen) atoms. The van der Waals surface area contributed by atoms with Crippen LogP contribution in [-0.4, -0.2) is 16.6 Å². The molecule has 1 heterocycles. The summed E-state index contributed by atoms with van der Waals surface area (Å²) in [6.45, 7) is 6.77. The highest BCUT2D eigenvalue weighted by Gasteiger charge is 2.19. The van der Waals surface area contributed by atoms with Gasteiger partial charge in [-0.1, -0.05) is 25.4 Å². The van der Waals surface area contributed by atoms with Crippen molar-refractivity contribution in [3.05, 3.63) is 20.7 Å². The molecule has 0 aliphatic heterocycles. The second-order valence-corrected chi connectivity index (χ2v) is 5.01. The van der Waals surface area contributed by atoms with E-state index < -0.39 is 0 Å². The maximum Gasteiger partial charge on any atom is 0.159 e. The fourth-order valence-corrected chi connectivity index (χ4v) is 1.64. The molecule has 0 aliphatic carbocycles. The number of halogens is 2. The predicted octanol–water partition coefficient (Wildman–Crippen LogP) is 3.47. The van der Waals surface area contributed by atoms with Crippen molar-refractivity contribution in [1.29, 1.82) is 0 Å². The monoisotopic (exact) mass is 340 g/mol. The predicted molar refractivity (Wildman–Crippen MR) is 69.0 cm³/mol. The van der Waals surface area contributed by atoms with Crippen LogP contribution in [0.5, 0.6) is 0 Å². The molecule has 0 radical (unpaired) electrons. The van der Waals surface area contributed by atoms with E-state index in [1.807, 2.05) is 6.92 Å². The quantitative estimate of drug-likeness (QED) is 0.622. The summed E-state index contributed by atoms with van der Waals surface area (Å²) >= 11 is 8.05. The van der Waals surface area contributed by atoms with Crippen LogP contribution >= 0.6 is 34.2 Å². The van der Waals surface area contributed by atoms with E-state index in [0.29, 0.717) is 23.5 Å². The Kier molecular flexibility index (Phi) is 5.22. The standard InChI is InChI=1S/C10H14ClIN2O/c1-4-15-8(6(2)3)10-13-5-7(12)9(11)14-10/h5-6,8H,4H2,1-3H3. The summed E-state index contributed by atoms with van der Waals surface area (Å²) in [6, 6.07) is 0. The Hall–Kier alpha value is 0.0600. The smallest absolute Gasteiger partial charge is 0.159 e. The normalized spacial score (nSPS) is 13.2. The molecule has 0 N–H and O–H groups in total. The molecule has 1 unspecified atom stereocenters. The van der Waals surface area contributed by atoms with Crippen molar-refractivity contribution in [1.82, 2.24) is 9.97 Å². The molecule has 84 valence electrons. The van der Waals surface area contributed by atoms with Gasteiger partial charge in [-0.25, -0.2) is 9.97 Å². The Labute approximate surface area is 109 Å². The topological polar surface area (TPSA) is 35.0 Å². The fraction of sp³-hybridized carbons (Fsp3) is 0.600.